The lowest BCUT2D eigenvalue weighted by molar-refractivity contribution is -0.137. The topological polar surface area (TPSA) is 94.8 Å². The molecule has 1 fully saturated rings. The Kier molecular flexibility index (Phi) is 12.3. The monoisotopic (exact) mass is 402 g/mol. The molecule has 0 aliphatic heterocycles. The number of aliphatic hydroxyl groups excluding tert-OH is 2. The highest BCUT2D eigenvalue weighted by atomic mass is 32.2. The number of rotatable bonds is 15. The molecule has 0 aromatic carbocycles. The Labute approximate surface area is 168 Å². The Hall–Kier alpha value is -0.590. The van der Waals surface area contributed by atoms with Crippen LogP contribution in [0.15, 0.2) is 0 Å². The van der Waals surface area contributed by atoms with Gasteiger partial charge in [0.15, 0.2) is 0 Å². The van der Waals surface area contributed by atoms with Crippen LogP contribution in [0.1, 0.15) is 84.5 Å². The fourth-order valence-electron chi connectivity index (χ4n) is 4.04. The summed E-state index contributed by atoms with van der Waals surface area (Å²) < 4.78 is 0. The molecule has 0 heterocycles. The van der Waals surface area contributed by atoms with E-state index < -0.39 is 12.1 Å². The van der Waals surface area contributed by atoms with Crippen LogP contribution in [0.3, 0.4) is 0 Å². The van der Waals surface area contributed by atoms with E-state index in [9.17, 15) is 19.8 Å². The SMILES string of the molecule is CCCC(CC)CC(O)CS[C@H]1C(O)CC(=O)[C@@H]1CCCCCCC(=O)O. The van der Waals surface area contributed by atoms with Crippen molar-refractivity contribution in [1.29, 1.82) is 0 Å². The number of Topliss-reactive ketones (excluding diaryl/α,β-unsaturated/α-hetero) is 1. The van der Waals surface area contributed by atoms with Gasteiger partial charge in [-0.2, -0.15) is 11.8 Å². The second-order valence-electron chi connectivity index (χ2n) is 7.94. The molecule has 0 amide bonds. The molecule has 5 atom stereocenters. The van der Waals surface area contributed by atoms with Gasteiger partial charge in [-0.3, -0.25) is 9.59 Å². The second kappa shape index (κ2) is 13.6. The molecule has 0 bridgehead atoms. The van der Waals surface area contributed by atoms with Crippen molar-refractivity contribution in [1.82, 2.24) is 0 Å². The molecule has 1 aliphatic carbocycles. The van der Waals surface area contributed by atoms with Gasteiger partial charge >= 0.3 is 5.97 Å². The first-order valence-corrected chi connectivity index (χ1v) is 11.7. The van der Waals surface area contributed by atoms with E-state index in [4.69, 9.17) is 5.11 Å². The summed E-state index contributed by atoms with van der Waals surface area (Å²) in [5.74, 6) is 0.363. The first kappa shape index (κ1) is 24.4. The maximum atomic E-state index is 12.2. The van der Waals surface area contributed by atoms with Crippen LogP contribution in [0.25, 0.3) is 0 Å². The largest absolute Gasteiger partial charge is 0.481 e. The minimum Gasteiger partial charge on any atom is -0.481 e. The van der Waals surface area contributed by atoms with Gasteiger partial charge in [-0.15, -0.1) is 0 Å². The van der Waals surface area contributed by atoms with Crippen LogP contribution in [-0.2, 0) is 9.59 Å². The van der Waals surface area contributed by atoms with Crippen LogP contribution in [-0.4, -0.2) is 50.3 Å². The van der Waals surface area contributed by atoms with Gasteiger partial charge in [-0.05, 0) is 25.2 Å². The predicted molar refractivity (Wildman–Crippen MR) is 110 cm³/mol. The van der Waals surface area contributed by atoms with E-state index in [1.54, 1.807) is 11.8 Å². The van der Waals surface area contributed by atoms with Gasteiger partial charge in [-0.25, -0.2) is 0 Å². The molecule has 158 valence electrons. The summed E-state index contributed by atoms with van der Waals surface area (Å²) in [6.45, 7) is 4.32. The van der Waals surface area contributed by atoms with Crippen LogP contribution in [0.4, 0.5) is 0 Å². The number of thioether (sulfide) groups is 1. The van der Waals surface area contributed by atoms with Crippen LogP contribution in [0.5, 0.6) is 0 Å². The lowest BCUT2D eigenvalue weighted by Crippen LogP contribution is -2.26. The maximum Gasteiger partial charge on any atom is 0.303 e. The van der Waals surface area contributed by atoms with Gasteiger partial charge in [0.05, 0.1) is 12.2 Å². The highest BCUT2D eigenvalue weighted by Gasteiger charge is 2.41. The maximum absolute atomic E-state index is 12.2. The van der Waals surface area contributed by atoms with Gasteiger partial charge in [0.2, 0.25) is 0 Å². The predicted octanol–water partition coefficient (Wildman–Crippen LogP) is 4.04. The molecule has 5 nitrogen and oxygen atoms in total. The summed E-state index contributed by atoms with van der Waals surface area (Å²) in [7, 11) is 0. The molecule has 0 radical (unpaired) electrons. The smallest absolute Gasteiger partial charge is 0.303 e. The first-order valence-electron chi connectivity index (χ1n) is 10.6. The Morgan fingerprint density at radius 3 is 2.56 bits per heavy atom. The van der Waals surface area contributed by atoms with Gasteiger partial charge in [0, 0.05) is 29.8 Å². The number of unbranched alkanes of at least 4 members (excludes halogenated alkanes) is 3. The summed E-state index contributed by atoms with van der Waals surface area (Å²) in [6, 6.07) is 0. The molecule has 1 aliphatic rings. The number of carbonyl (C=O) groups is 2. The second-order valence-corrected chi connectivity index (χ2v) is 9.15. The number of ketones is 1. The third-order valence-electron chi connectivity index (χ3n) is 5.62. The number of carboxylic acids is 1. The molecule has 0 aromatic heterocycles. The Morgan fingerprint density at radius 2 is 1.93 bits per heavy atom. The normalized spacial score (nSPS) is 24.9. The van der Waals surface area contributed by atoms with Crippen molar-refractivity contribution >= 4 is 23.5 Å². The molecule has 1 saturated carbocycles. The zero-order valence-corrected chi connectivity index (χ0v) is 17.8. The summed E-state index contributed by atoms with van der Waals surface area (Å²) in [6.07, 6.45) is 7.67. The molecule has 3 N–H and O–H groups in total. The van der Waals surface area contributed by atoms with Crippen LogP contribution >= 0.6 is 11.8 Å². The van der Waals surface area contributed by atoms with Gasteiger partial charge < -0.3 is 15.3 Å². The number of aliphatic hydroxyl groups is 2. The van der Waals surface area contributed by atoms with Gasteiger partial charge in [0.25, 0.3) is 0 Å². The molecule has 3 unspecified atom stereocenters. The van der Waals surface area contributed by atoms with Crippen molar-refractivity contribution in [2.45, 2.75) is 102 Å². The van der Waals surface area contributed by atoms with Crippen molar-refractivity contribution < 1.29 is 24.9 Å². The van der Waals surface area contributed by atoms with Crippen molar-refractivity contribution in [2.75, 3.05) is 5.75 Å². The zero-order chi connectivity index (χ0) is 20.2. The third kappa shape index (κ3) is 9.44. The number of aliphatic carboxylic acids is 1. The van der Waals surface area contributed by atoms with E-state index in [1.807, 2.05) is 0 Å². The molecule has 1 rings (SSSR count). The van der Waals surface area contributed by atoms with E-state index in [-0.39, 0.29) is 35.9 Å². The Balaban J connectivity index is 2.37. The molecule has 6 heteroatoms. The minimum absolute atomic E-state index is 0.113. The zero-order valence-electron chi connectivity index (χ0n) is 16.9. The van der Waals surface area contributed by atoms with E-state index in [2.05, 4.69) is 13.8 Å². The van der Waals surface area contributed by atoms with Crippen molar-refractivity contribution in [3.05, 3.63) is 0 Å². The Bertz CT molecular complexity index is 442. The van der Waals surface area contributed by atoms with E-state index in [1.165, 1.54) is 0 Å². The lowest BCUT2D eigenvalue weighted by Gasteiger charge is -2.23. The number of hydrogen-bond donors (Lipinski definition) is 3. The Morgan fingerprint density at radius 1 is 1.22 bits per heavy atom. The van der Waals surface area contributed by atoms with E-state index in [0.29, 0.717) is 18.1 Å². The van der Waals surface area contributed by atoms with Crippen LogP contribution in [0, 0.1) is 11.8 Å². The van der Waals surface area contributed by atoms with Crippen LogP contribution in [0.2, 0.25) is 0 Å². The molecular formula is C21H38O5S. The summed E-state index contributed by atoms with van der Waals surface area (Å²) in [5, 5.41) is 29.2. The molecule has 0 saturated heterocycles. The summed E-state index contributed by atoms with van der Waals surface area (Å²) >= 11 is 1.56. The quantitative estimate of drug-likeness (QED) is 0.358. The average Bonchev–Trinajstić information content (AvgIpc) is 2.88. The summed E-state index contributed by atoms with van der Waals surface area (Å²) in [5.41, 5.74) is 0. The summed E-state index contributed by atoms with van der Waals surface area (Å²) in [4.78, 5) is 22.8. The highest BCUT2D eigenvalue weighted by Crippen LogP contribution is 2.37. The fourth-order valence-corrected chi connectivity index (χ4v) is 5.46. The van der Waals surface area contributed by atoms with E-state index in [0.717, 1.165) is 51.4 Å². The molecule has 27 heavy (non-hydrogen) atoms. The van der Waals surface area contributed by atoms with Gasteiger partial charge in [-0.1, -0.05) is 52.4 Å². The van der Waals surface area contributed by atoms with Crippen molar-refractivity contribution in [3.8, 4) is 0 Å². The fraction of sp³-hybridized carbons (Fsp3) is 0.905. The lowest BCUT2D eigenvalue weighted by atomic mass is 9.95. The number of carboxylic acid groups (broad SMARTS) is 1. The molecule has 0 aromatic rings. The molecule has 0 spiro atoms. The number of hydrogen-bond acceptors (Lipinski definition) is 5. The van der Waals surface area contributed by atoms with Crippen molar-refractivity contribution in [3.63, 3.8) is 0 Å². The minimum atomic E-state index is -0.761. The highest BCUT2D eigenvalue weighted by molar-refractivity contribution is 8.00. The first-order chi connectivity index (χ1) is 12.9. The third-order valence-corrected chi connectivity index (χ3v) is 7.22. The van der Waals surface area contributed by atoms with Gasteiger partial charge in [0.1, 0.15) is 5.78 Å². The van der Waals surface area contributed by atoms with E-state index >= 15 is 0 Å². The average molecular weight is 403 g/mol. The number of carbonyl (C=O) groups excluding carboxylic acids is 1. The standard InChI is InChI=1S/C21H38O5S/c1-3-9-15(4-2)12-16(22)14-27-21-17(18(23)13-19(21)24)10-7-5-6-8-11-20(25)26/h15-17,19,21-22,24H,3-14H2,1-2H3,(H,25,26)/t15?,16?,17-,19?,21+/m0/s1. The van der Waals surface area contributed by atoms with Crippen LogP contribution < -0.4 is 0 Å². The molecular weight excluding hydrogens is 364 g/mol. The van der Waals surface area contributed by atoms with Crippen molar-refractivity contribution in [2.24, 2.45) is 11.8 Å².